The molecule has 2 amide bonds. The molecule has 2 aromatic rings. The number of nitrogens with zero attached hydrogens (tertiary/aromatic N) is 1. The fraction of sp³-hybridized carbons (Fsp3) is 0.440. The van der Waals surface area contributed by atoms with E-state index in [-0.39, 0.29) is 29.1 Å². The third-order valence-corrected chi connectivity index (χ3v) is 5.77. The number of aryl methyl sites for hydroxylation is 2. The average Bonchev–Trinajstić information content (AvgIpc) is 2.81. The summed E-state index contributed by atoms with van der Waals surface area (Å²) in [5, 5.41) is 17.2. The van der Waals surface area contributed by atoms with Crippen LogP contribution in [0, 0.1) is 29.9 Å². The first kappa shape index (κ1) is 25.8. The van der Waals surface area contributed by atoms with E-state index in [1.165, 1.54) is 6.07 Å². The van der Waals surface area contributed by atoms with Gasteiger partial charge in [-0.1, -0.05) is 32.0 Å². The number of methoxy groups -OCH3 is 1. The summed E-state index contributed by atoms with van der Waals surface area (Å²) in [6.45, 7) is 7.55. The first-order valence-electron chi connectivity index (χ1n) is 11.3. The fourth-order valence-corrected chi connectivity index (χ4v) is 3.99. The predicted molar refractivity (Wildman–Crippen MR) is 129 cm³/mol. The van der Waals surface area contributed by atoms with E-state index in [0.717, 1.165) is 11.3 Å². The lowest BCUT2D eigenvalue weighted by Gasteiger charge is -2.28. The van der Waals surface area contributed by atoms with Crippen LogP contribution in [-0.2, 0) is 4.79 Å². The van der Waals surface area contributed by atoms with Gasteiger partial charge in [0.1, 0.15) is 11.3 Å². The summed E-state index contributed by atoms with van der Waals surface area (Å²) in [4.78, 5) is 36.1. The van der Waals surface area contributed by atoms with Gasteiger partial charge in [-0.2, -0.15) is 0 Å². The van der Waals surface area contributed by atoms with Gasteiger partial charge < -0.3 is 15.4 Å². The monoisotopic (exact) mass is 455 g/mol. The molecule has 0 unspecified atom stereocenters. The number of rotatable bonds is 6. The number of nitro benzene ring substituents is 1. The van der Waals surface area contributed by atoms with Crippen LogP contribution in [-0.4, -0.2) is 29.9 Å². The number of carbonyl (C=O) groups is 2. The summed E-state index contributed by atoms with van der Waals surface area (Å²) in [7, 11) is 1.59. The van der Waals surface area contributed by atoms with Crippen molar-refractivity contribution in [3.63, 3.8) is 0 Å². The molecule has 0 bridgehead atoms. The lowest BCUT2D eigenvalue weighted by molar-refractivity contribution is -0.385. The van der Waals surface area contributed by atoms with Gasteiger partial charge in [0.25, 0.3) is 11.6 Å². The van der Waals surface area contributed by atoms with E-state index in [4.69, 9.17) is 4.74 Å². The van der Waals surface area contributed by atoms with E-state index in [2.05, 4.69) is 10.6 Å². The summed E-state index contributed by atoms with van der Waals surface area (Å²) in [5.74, 6) is 0.0725. The number of amides is 2. The topological polar surface area (TPSA) is 111 Å². The number of anilines is 1. The lowest BCUT2D eigenvalue weighted by atomic mass is 9.85. The number of hydrogen-bond acceptors (Lipinski definition) is 5. The van der Waals surface area contributed by atoms with E-state index in [1.54, 1.807) is 32.2 Å². The average molecular weight is 456 g/mol. The molecule has 0 radical (unpaired) electrons. The van der Waals surface area contributed by atoms with Crippen LogP contribution in [0.2, 0.25) is 0 Å². The smallest absolute Gasteiger partial charge is 0.285 e. The predicted octanol–water partition coefficient (Wildman–Crippen LogP) is 5.17. The van der Waals surface area contributed by atoms with Gasteiger partial charge in [0.05, 0.1) is 12.0 Å². The molecule has 178 valence electrons. The number of nitro groups is 1. The van der Waals surface area contributed by atoms with Crippen LogP contribution < -0.4 is 15.4 Å². The molecule has 0 saturated heterocycles. The molecule has 1 aliphatic carbocycles. The highest BCUT2D eigenvalue weighted by molar-refractivity contribution is 5.99. The van der Waals surface area contributed by atoms with Gasteiger partial charge in [-0.05, 0) is 57.2 Å². The minimum atomic E-state index is -0.522. The molecule has 0 atom stereocenters. The maximum atomic E-state index is 12.6. The van der Waals surface area contributed by atoms with Crippen molar-refractivity contribution in [3.8, 4) is 5.75 Å². The number of para-hydroxylation sites is 1. The molecule has 2 aromatic carbocycles. The van der Waals surface area contributed by atoms with Crippen LogP contribution in [0.3, 0.4) is 0 Å². The molecule has 1 aliphatic rings. The summed E-state index contributed by atoms with van der Waals surface area (Å²) < 4.78 is 5.30. The van der Waals surface area contributed by atoms with Gasteiger partial charge in [-0.25, -0.2) is 0 Å². The summed E-state index contributed by atoms with van der Waals surface area (Å²) in [5.41, 5.74) is 2.03. The molecular weight excluding hydrogens is 422 g/mol. The van der Waals surface area contributed by atoms with Crippen molar-refractivity contribution in [3.05, 3.63) is 63.2 Å². The molecule has 0 heterocycles. The van der Waals surface area contributed by atoms with E-state index < -0.39 is 10.8 Å². The van der Waals surface area contributed by atoms with Crippen molar-refractivity contribution in [2.24, 2.45) is 5.92 Å². The highest BCUT2D eigenvalue weighted by Gasteiger charge is 2.29. The summed E-state index contributed by atoms with van der Waals surface area (Å²) in [6, 6.07) is 10.1. The minimum Gasteiger partial charge on any atom is -0.496 e. The van der Waals surface area contributed by atoms with Gasteiger partial charge in [-0.15, -0.1) is 0 Å². The van der Waals surface area contributed by atoms with Crippen molar-refractivity contribution in [1.29, 1.82) is 0 Å². The van der Waals surface area contributed by atoms with Gasteiger partial charge >= 0.3 is 0 Å². The maximum absolute atomic E-state index is 12.6. The van der Waals surface area contributed by atoms with Crippen LogP contribution in [0.4, 0.5) is 11.4 Å². The Bertz CT molecular complexity index is 998. The molecular formula is C25H33N3O5. The van der Waals surface area contributed by atoms with Gasteiger partial charge in [-0.3, -0.25) is 19.7 Å². The number of hydrogen-bond donors (Lipinski definition) is 2. The third-order valence-electron chi connectivity index (χ3n) is 5.77. The zero-order valence-corrected chi connectivity index (χ0v) is 19.9. The largest absolute Gasteiger partial charge is 0.496 e. The highest BCUT2D eigenvalue weighted by Crippen LogP contribution is 2.28. The molecule has 33 heavy (non-hydrogen) atoms. The second-order valence-corrected chi connectivity index (χ2v) is 7.92. The number of carbonyl (C=O) groups excluding carboxylic acids is 2. The van der Waals surface area contributed by atoms with Crippen molar-refractivity contribution in [2.75, 3.05) is 12.4 Å². The summed E-state index contributed by atoms with van der Waals surface area (Å²) in [6.07, 6.45) is 2.55. The maximum Gasteiger partial charge on any atom is 0.285 e. The van der Waals surface area contributed by atoms with Gasteiger partial charge in [0.15, 0.2) is 0 Å². The minimum absolute atomic E-state index is 0.0509. The number of nitrogens with one attached hydrogen (secondary N) is 2. The van der Waals surface area contributed by atoms with Crippen LogP contribution in [0.5, 0.6) is 5.75 Å². The normalized spacial score (nSPS) is 17.2. The number of ether oxygens (including phenoxy) is 1. The van der Waals surface area contributed by atoms with Crippen LogP contribution in [0.15, 0.2) is 36.4 Å². The van der Waals surface area contributed by atoms with Crippen molar-refractivity contribution in [2.45, 2.75) is 59.4 Å². The van der Waals surface area contributed by atoms with E-state index in [9.17, 15) is 19.7 Å². The Morgan fingerprint density at radius 1 is 1.03 bits per heavy atom. The Labute approximate surface area is 194 Å². The Hall–Kier alpha value is -3.42. The molecule has 8 nitrogen and oxygen atoms in total. The first-order valence-corrected chi connectivity index (χ1v) is 11.3. The Kier molecular flexibility index (Phi) is 9.39. The van der Waals surface area contributed by atoms with Crippen molar-refractivity contribution >= 4 is 23.2 Å². The first-order chi connectivity index (χ1) is 15.8. The lowest BCUT2D eigenvalue weighted by Crippen LogP contribution is -2.39. The van der Waals surface area contributed by atoms with E-state index in [1.807, 2.05) is 32.9 Å². The quantitative estimate of drug-likeness (QED) is 0.461. The number of benzene rings is 2. The summed E-state index contributed by atoms with van der Waals surface area (Å²) >= 11 is 0. The molecule has 0 spiro atoms. The Morgan fingerprint density at radius 2 is 1.70 bits per heavy atom. The van der Waals surface area contributed by atoms with Crippen molar-refractivity contribution < 1.29 is 19.2 Å². The van der Waals surface area contributed by atoms with Crippen molar-refractivity contribution in [1.82, 2.24) is 5.32 Å². The molecule has 1 fully saturated rings. The molecule has 2 N–H and O–H groups in total. The Morgan fingerprint density at radius 3 is 2.30 bits per heavy atom. The molecule has 8 heteroatoms. The van der Waals surface area contributed by atoms with Crippen LogP contribution in [0.1, 0.15) is 61.0 Å². The molecule has 1 saturated carbocycles. The zero-order valence-electron chi connectivity index (χ0n) is 19.9. The Balaban J connectivity index is 0.00000187. The zero-order chi connectivity index (χ0) is 24.5. The second kappa shape index (κ2) is 12.0. The van der Waals surface area contributed by atoms with E-state index in [0.29, 0.717) is 36.9 Å². The second-order valence-electron chi connectivity index (χ2n) is 7.92. The molecule has 3 rings (SSSR count). The van der Waals surface area contributed by atoms with Crippen LogP contribution in [0.25, 0.3) is 0 Å². The van der Waals surface area contributed by atoms with Gasteiger partial charge in [0.2, 0.25) is 5.91 Å². The van der Waals surface area contributed by atoms with Gasteiger partial charge in [0, 0.05) is 29.3 Å². The molecule has 0 aliphatic heterocycles. The van der Waals surface area contributed by atoms with E-state index >= 15 is 0 Å². The SMILES string of the molecule is CC.COc1cc(NC(=O)C2CCC(NC(=O)c3cccc(C)c3[N+](=O)[O-])CC2)ccc1C. The molecule has 0 aromatic heterocycles. The highest BCUT2D eigenvalue weighted by atomic mass is 16.6. The van der Waals surface area contributed by atoms with Crippen LogP contribution >= 0.6 is 0 Å². The fourth-order valence-electron chi connectivity index (χ4n) is 3.99. The standard InChI is InChI=1S/C23H27N3O5.C2H6/c1-14-7-10-18(13-20(14)31-3)25-22(27)16-8-11-17(12-9-16)24-23(28)19-6-4-5-15(2)21(19)26(29)30;1-2/h4-7,10,13,16-17H,8-9,11-12H2,1-3H3,(H,24,28)(H,25,27);1-2H3. The third kappa shape index (κ3) is 6.54.